The van der Waals surface area contributed by atoms with Crippen LogP contribution in [0.3, 0.4) is 0 Å². The van der Waals surface area contributed by atoms with E-state index in [0.717, 1.165) is 29.9 Å². The second kappa shape index (κ2) is 6.95. The van der Waals surface area contributed by atoms with Gasteiger partial charge in [-0.25, -0.2) is 0 Å². The van der Waals surface area contributed by atoms with Gasteiger partial charge in [-0.05, 0) is 36.2 Å². The van der Waals surface area contributed by atoms with Gasteiger partial charge in [-0.1, -0.05) is 50.1 Å². The number of unbranched alkanes of at least 4 members (excludes halogenated alkanes) is 1. The highest BCUT2D eigenvalue weighted by molar-refractivity contribution is 5.34. The SMILES string of the molecule is CCCC[C@@H](N)c1cccc(Oc2ccccc2)c1. The molecule has 0 fully saturated rings. The Balaban J connectivity index is 2.06. The topological polar surface area (TPSA) is 35.2 Å². The number of ether oxygens (including phenoxy) is 1. The molecule has 2 nitrogen and oxygen atoms in total. The van der Waals surface area contributed by atoms with Gasteiger partial charge in [0.15, 0.2) is 0 Å². The summed E-state index contributed by atoms with van der Waals surface area (Å²) in [4.78, 5) is 0. The van der Waals surface area contributed by atoms with Crippen LogP contribution in [-0.2, 0) is 0 Å². The van der Waals surface area contributed by atoms with Crippen molar-refractivity contribution in [2.24, 2.45) is 5.73 Å². The van der Waals surface area contributed by atoms with E-state index in [-0.39, 0.29) is 6.04 Å². The summed E-state index contributed by atoms with van der Waals surface area (Å²) in [5.41, 5.74) is 7.33. The third-order valence-electron chi connectivity index (χ3n) is 3.13. The first-order valence-corrected chi connectivity index (χ1v) is 6.88. The average molecular weight is 255 g/mol. The summed E-state index contributed by atoms with van der Waals surface area (Å²) >= 11 is 0. The Labute approximate surface area is 115 Å². The number of rotatable bonds is 6. The van der Waals surface area contributed by atoms with Crippen molar-refractivity contribution in [1.82, 2.24) is 0 Å². The molecule has 0 radical (unpaired) electrons. The molecule has 0 aliphatic carbocycles. The van der Waals surface area contributed by atoms with Crippen LogP contribution in [0.25, 0.3) is 0 Å². The van der Waals surface area contributed by atoms with Crippen molar-refractivity contribution in [1.29, 1.82) is 0 Å². The van der Waals surface area contributed by atoms with E-state index in [1.54, 1.807) is 0 Å². The fraction of sp³-hybridized carbons (Fsp3) is 0.294. The van der Waals surface area contributed by atoms with Crippen LogP contribution in [-0.4, -0.2) is 0 Å². The van der Waals surface area contributed by atoms with Crippen molar-refractivity contribution in [3.05, 3.63) is 60.2 Å². The van der Waals surface area contributed by atoms with E-state index in [0.29, 0.717) is 0 Å². The molecule has 0 unspecified atom stereocenters. The Hall–Kier alpha value is -1.80. The lowest BCUT2D eigenvalue weighted by atomic mass is 10.0. The van der Waals surface area contributed by atoms with Crippen molar-refractivity contribution < 1.29 is 4.74 Å². The molecular formula is C17H21NO. The molecule has 0 bridgehead atoms. The molecule has 0 amide bonds. The standard InChI is InChI=1S/C17H21NO/c1-2-3-12-17(18)14-8-7-11-16(13-14)19-15-9-5-4-6-10-15/h4-11,13,17H,2-3,12,18H2,1H3/t17-/m1/s1. The van der Waals surface area contributed by atoms with E-state index in [1.165, 1.54) is 6.42 Å². The highest BCUT2D eigenvalue weighted by Crippen LogP contribution is 2.25. The Bertz CT molecular complexity index is 496. The summed E-state index contributed by atoms with van der Waals surface area (Å²) in [5, 5.41) is 0. The van der Waals surface area contributed by atoms with Gasteiger partial charge in [0, 0.05) is 6.04 Å². The lowest BCUT2D eigenvalue weighted by Crippen LogP contribution is -2.09. The van der Waals surface area contributed by atoms with Crippen molar-refractivity contribution in [3.63, 3.8) is 0 Å². The summed E-state index contributed by atoms with van der Waals surface area (Å²) in [5.74, 6) is 1.69. The predicted molar refractivity (Wildman–Crippen MR) is 79.4 cm³/mol. The lowest BCUT2D eigenvalue weighted by molar-refractivity contribution is 0.480. The second-order valence-electron chi connectivity index (χ2n) is 4.74. The maximum Gasteiger partial charge on any atom is 0.127 e. The molecule has 2 rings (SSSR count). The van der Waals surface area contributed by atoms with Crippen molar-refractivity contribution in [3.8, 4) is 11.5 Å². The van der Waals surface area contributed by atoms with Gasteiger partial charge in [0.1, 0.15) is 11.5 Å². The molecule has 2 heteroatoms. The summed E-state index contributed by atoms with van der Waals surface area (Å²) < 4.78 is 5.82. The molecule has 0 heterocycles. The molecule has 0 aromatic heterocycles. The van der Waals surface area contributed by atoms with E-state index < -0.39 is 0 Å². The minimum atomic E-state index is 0.0965. The van der Waals surface area contributed by atoms with Gasteiger partial charge < -0.3 is 10.5 Å². The normalized spacial score (nSPS) is 12.1. The Kier molecular flexibility index (Phi) is 4.99. The largest absolute Gasteiger partial charge is 0.457 e. The lowest BCUT2D eigenvalue weighted by Gasteiger charge is -2.13. The first-order valence-electron chi connectivity index (χ1n) is 6.88. The van der Waals surface area contributed by atoms with Gasteiger partial charge in [0.05, 0.1) is 0 Å². The van der Waals surface area contributed by atoms with Crippen molar-refractivity contribution >= 4 is 0 Å². The highest BCUT2D eigenvalue weighted by Gasteiger charge is 2.06. The van der Waals surface area contributed by atoms with E-state index in [2.05, 4.69) is 13.0 Å². The molecular weight excluding hydrogens is 234 g/mol. The highest BCUT2D eigenvalue weighted by atomic mass is 16.5. The van der Waals surface area contributed by atoms with Crippen LogP contribution in [0.4, 0.5) is 0 Å². The molecule has 0 aliphatic rings. The van der Waals surface area contributed by atoms with Gasteiger partial charge in [0.2, 0.25) is 0 Å². The van der Waals surface area contributed by atoms with Crippen molar-refractivity contribution in [2.45, 2.75) is 32.2 Å². The maximum absolute atomic E-state index is 6.19. The quantitative estimate of drug-likeness (QED) is 0.814. The van der Waals surface area contributed by atoms with Crippen LogP contribution in [0.5, 0.6) is 11.5 Å². The summed E-state index contributed by atoms with van der Waals surface area (Å²) in [6.45, 7) is 2.18. The minimum absolute atomic E-state index is 0.0965. The van der Waals surface area contributed by atoms with E-state index in [1.807, 2.05) is 48.5 Å². The van der Waals surface area contributed by atoms with Gasteiger partial charge in [0.25, 0.3) is 0 Å². The third kappa shape index (κ3) is 4.11. The van der Waals surface area contributed by atoms with E-state index in [4.69, 9.17) is 10.5 Å². The molecule has 2 aromatic rings. The smallest absolute Gasteiger partial charge is 0.127 e. The summed E-state index contributed by atoms with van der Waals surface area (Å²) in [6, 6.07) is 18.0. The van der Waals surface area contributed by atoms with Crippen LogP contribution in [0.1, 0.15) is 37.8 Å². The summed E-state index contributed by atoms with van der Waals surface area (Å²) in [7, 11) is 0. The minimum Gasteiger partial charge on any atom is -0.457 e. The van der Waals surface area contributed by atoms with E-state index >= 15 is 0 Å². The molecule has 1 atom stereocenters. The zero-order valence-corrected chi connectivity index (χ0v) is 11.4. The summed E-state index contributed by atoms with van der Waals surface area (Å²) in [6.07, 6.45) is 3.35. The molecule has 2 aromatic carbocycles. The van der Waals surface area contributed by atoms with Gasteiger partial charge in [-0.15, -0.1) is 0 Å². The maximum atomic E-state index is 6.19. The molecule has 0 saturated carbocycles. The molecule has 0 aliphatic heterocycles. The molecule has 2 N–H and O–H groups in total. The Morgan fingerprint density at radius 2 is 1.74 bits per heavy atom. The number of hydrogen-bond donors (Lipinski definition) is 1. The Morgan fingerprint density at radius 3 is 2.47 bits per heavy atom. The fourth-order valence-electron chi connectivity index (χ4n) is 2.02. The van der Waals surface area contributed by atoms with Gasteiger partial charge in [-0.2, -0.15) is 0 Å². The number of para-hydroxylation sites is 1. The molecule has 19 heavy (non-hydrogen) atoms. The van der Waals surface area contributed by atoms with E-state index in [9.17, 15) is 0 Å². The van der Waals surface area contributed by atoms with Crippen molar-refractivity contribution in [2.75, 3.05) is 0 Å². The van der Waals surface area contributed by atoms with Gasteiger partial charge >= 0.3 is 0 Å². The molecule has 0 saturated heterocycles. The number of nitrogens with two attached hydrogens (primary N) is 1. The van der Waals surface area contributed by atoms with Crippen LogP contribution in [0, 0.1) is 0 Å². The van der Waals surface area contributed by atoms with Crippen LogP contribution in [0.15, 0.2) is 54.6 Å². The predicted octanol–water partition coefficient (Wildman–Crippen LogP) is 4.67. The first-order chi connectivity index (χ1) is 9.29. The molecule has 0 spiro atoms. The monoisotopic (exact) mass is 255 g/mol. The van der Waals surface area contributed by atoms with Gasteiger partial charge in [-0.3, -0.25) is 0 Å². The number of hydrogen-bond acceptors (Lipinski definition) is 2. The Morgan fingerprint density at radius 1 is 1.00 bits per heavy atom. The van der Waals surface area contributed by atoms with Crippen LogP contribution >= 0.6 is 0 Å². The third-order valence-corrected chi connectivity index (χ3v) is 3.13. The number of benzene rings is 2. The average Bonchev–Trinajstić information content (AvgIpc) is 2.46. The first kappa shape index (κ1) is 13.6. The zero-order chi connectivity index (χ0) is 13.5. The zero-order valence-electron chi connectivity index (χ0n) is 11.4. The van der Waals surface area contributed by atoms with Crippen LogP contribution in [0.2, 0.25) is 0 Å². The fourth-order valence-corrected chi connectivity index (χ4v) is 2.02. The molecule has 100 valence electrons. The van der Waals surface area contributed by atoms with Crippen LogP contribution < -0.4 is 10.5 Å². The second-order valence-corrected chi connectivity index (χ2v) is 4.74.